The molecule has 116 valence electrons. The monoisotopic (exact) mass is 298 g/mol. The van der Waals surface area contributed by atoms with Crippen molar-refractivity contribution in [2.45, 2.75) is 37.1 Å². The van der Waals surface area contributed by atoms with E-state index in [-0.39, 0.29) is 13.0 Å². The number of hydrogen-bond acceptors (Lipinski definition) is 7. The van der Waals surface area contributed by atoms with Crippen LogP contribution in [0.4, 0.5) is 0 Å². The molecule has 1 aromatic carbocycles. The van der Waals surface area contributed by atoms with E-state index in [1.807, 2.05) is 6.07 Å². The van der Waals surface area contributed by atoms with Crippen molar-refractivity contribution < 1.29 is 34.7 Å². The molecular formula is C14H18O7. The van der Waals surface area contributed by atoms with Crippen molar-refractivity contribution in [3.8, 4) is 0 Å². The Hall–Kier alpha value is -1.51. The molecule has 0 aromatic heterocycles. The van der Waals surface area contributed by atoms with Gasteiger partial charge in [0.15, 0.2) is 6.29 Å². The fourth-order valence-corrected chi connectivity index (χ4v) is 2.06. The van der Waals surface area contributed by atoms with Gasteiger partial charge >= 0.3 is 5.97 Å². The molecule has 0 amide bonds. The molecule has 1 aliphatic heterocycles. The molecule has 1 heterocycles. The highest BCUT2D eigenvalue weighted by Gasteiger charge is 2.43. The minimum atomic E-state index is -1.64. The number of benzene rings is 1. The Balaban J connectivity index is 1.83. The second-order valence-corrected chi connectivity index (χ2v) is 4.88. The van der Waals surface area contributed by atoms with Crippen LogP contribution in [0.5, 0.6) is 0 Å². The minimum Gasteiger partial charge on any atom is -0.463 e. The third-order valence-electron chi connectivity index (χ3n) is 3.29. The molecule has 0 aliphatic carbocycles. The lowest BCUT2D eigenvalue weighted by atomic mass is 9.99. The van der Waals surface area contributed by atoms with Gasteiger partial charge in [-0.25, -0.2) is 0 Å². The maximum absolute atomic E-state index is 11.7. The van der Waals surface area contributed by atoms with Gasteiger partial charge < -0.3 is 29.9 Å². The lowest BCUT2D eigenvalue weighted by Crippen LogP contribution is -2.58. The van der Waals surface area contributed by atoms with Crippen molar-refractivity contribution >= 4 is 5.97 Å². The SMILES string of the molecule is O=C(Cc1ccccc1)OC[C@H]1O[C@@H](O)[C@H](O)[C@H](O)[C@@H]1O. The Morgan fingerprint density at radius 3 is 2.38 bits per heavy atom. The zero-order valence-corrected chi connectivity index (χ0v) is 11.2. The molecule has 0 bridgehead atoms. The summed E-state index contributed by atoms with van der Waals surface area (Å²) in [5.41, 5.74) is 0.781. The first-order chi connectivity index (χ1) is 9.99. The van der Waals surface area contributed by atoms with Crippen LogP contribution in [-0.2, 0) is 20.7 Å². The molecule has 0 saturated carbocycles. The van der Waals surface area contributed by atoms with Crippen LogP contribution < -0.4 is 0 Å². The normalized spacial score (nSPS) is 32.7. The fraction of sp³-hybridized carbons (Fsp3) is 0.500. The summed E-state index contributed by atoms with van der Waals surface area (Å²) in [5.74, 6) is -0.521. The fourth-order valence-electron chi connectivity index (χ4n) is 2.06. The number of ether oxygens (including phenoxy) is 2. The molecule has 1 aromatic rings. The van der Waals surface area contributed by atoms with E-state index in [0.717, 1.165) is 5.56 Å². The first-order valence-electron chi connectivity index (χ1n) is 6.56. The van der Waals surface area contributed by atoms with Crippen molar-refractivity contribution in [2.24, 2.45) is 0 Å². The van der Waals surface area contributed by atoms with E-state index < -0.39 is 36.7 Å². The van der Waals surface area contributed by atoms with Crippen LogP contribution in [0.2, 0.25) is 0 Å². The van der Waals surface area contributed by atoms with E-state index in [1.165, 1.54) is 0 Å². The van der Waals surface area contributed by atoms with Crippen LogP contribution in [0.3, 0.4) is 0 Å². The number of hydrogen-bond donors (Lipinski definition) is 4. The van der Waals surface area contributed by atoms with E-state index in [4.69, 9.17) is 9.47 Å². The summed E-state index contributed by atoms with van der Waals surface area (Å²) in [7, 11) is 0. The molecule has 0 spiro atoms. The maximum Gasteiger partial charge on any atom is 0.310 e. The van der Waals surface area contributed by atoms with Gasteiger partial charge in [0, 0.05) is 0 Å². The first-order valence-corrected chi connectivity index (χ1v) is 6.56. The zero-order chi connectivity index (χ0) is 15.4. The Kier molecular flexibility index (Phi) is 5.27. The standard InChI is InChI=1S/C14H18O7/c15-10(6-8-4-2-1-3-5-8)20-7-9-11(16)12(17)13(18)14(19)21-9/h1-5,9,11-14,16-19H,6-7H2/t9-,11-,12-,13-,14-/m1/s1. The van der Waals surface area contributed by atoms with Crippen molar-refractivity contribution in [3.05, 3.63) is 35.9 Å². The molecule has 2 rings (SSSR count). The third-order valence-corrected chi connectivity index (χ3v) is 3.29. The van der Waals surface area contributed by atoms with Crippen molar-refractivity contribution in [2.75, 3.05) is 6.61 Å². The van der Waals surface area contributed by atoms with E-state index in [9.17, 15) is 25.2 Å². The summed E-state index contributed by atoms with van der Waals surface area (Å²) in [6.45, 7) is -0.326. The second-order valence-electron chi connectivity index (χ2n) is 4.88. The largest absolute Gasteiger partial charge is 0.463 e. The highest BCUT2D eigenvalue weighted by atomic mass is 16.6. The summed E-state index contributed by atoms with van der Waals surface area (Å²) >= 11 is 0. The van der Waals surface area contributed by atoms with Crippen LogP contribution in [0, 0.1) is 0 Å². The molecule has 1 saturated heterocycles. The van der Waals surface area contributed by atoms with E-state index in [1.54, 1.807) is 24.3 Å². The Bertz CT molecular complexity index is 464. The van der Waals surface area contributed by atoms with Gasteiger partial charge in [0.1, 0.15) is 31.0 Å². The Labute approximate surface area is 121 Å². The first kappa shape index (κ1) is 15.9. The van der Waals surface area contributed by atoms with Gasteiger partial charge in [-0.1, -0.05) is 30.3 Å². The van der Waals surface area contributed by atoms with Gasteiger partial charge in [-0.3, -0.25) is 4.79 Å². The van der Waals surface area contributed by atoms with Gasteiger partial charge in [-0.05, 0) is 5.56 Å². The third kappa shape index (κ3) is 3.99. The van der Waals surface area contributed by atoms with Gasteiger partial charge in [-0.15, -0.1) is 0 Å². The summed E-state index contributed by atoms with van der Waals surface area (Å²) in [4.78, 5) is 11.7. The van der Waals surface area contributed by atoms with Crippen molar-refractivity contribution in [1.29, 1.82) is 0 Å². The quantitative estimate of drug-likeness (QED) is 0.504. The number of esters is 1. The van der Waals surface area contributed by atoms with Crippen LogP contribution >= 0.6 is 0 Å². The molecular weight excluding hydrogens is 280 g/mol. The van der Waals surface area contributed by atoms with Gasteiger partial charge in [0.2, 0.25) is 0 Å². The molecule has 1 aliphatic rings. The number of carbonyl (C=O) groups excluding carboxylic acids is 1. The van der Waals surface area contributed by atoms with E-state index >= 15 is 0 Å². The summed E-state index contributed by atoms with van der Waals surface area (Å²) < 4.78 is 9.86. The second kappa shape index (κ2) is 6.97. The molecule has 7 nitrogen and oxygen atoms in total. The topological polar surface area (TPSA) is 116 Å². The van der Waals surface area contributed by atoms with Crippen LogP contribution in [0.15, 0.2) is 30.3 Å². The average Bonchev–Trinajstić information content (AvgIpc) is 2.48. The molecule has 0 radical (unpaired) electrons. The smallest absolute Gasteiger partial charge is 0.310 e. The Morgan fingerprint density at radius 2 is 1.71 bits per heavy atom. The predicted molar refractivity (Wildman–Crippen MR) is 70.0 cm³/mol. The highest BCUT2D eigenvalue weighted by Crippen LogP contribution is 2.20. The predicted octanol–water partition coefficient (Wildman–Crippen LogP) is -1.43. The van der Waals surface area contributed by atoms with E-state index in [2.05, 4.69) is 0 Å². The zero-order valence-electron chi connectivity index (χ0n) is 11.2. The van der Waals surface area contributed by atoms with Gasteiger partial charge in [0.25, 0.3) is 0 Å². The van der Waals surface area contributed by atoms with Crippen LogP contribution in [-0.4, -0.2) is 63.7 Å². The number of aliphatic hydroxyl groups excluding tert-OH is 4. The maximum atomic E-state index is 11.7. The molecule has 0 unspecified atom stereocenters. The lowest BCUT2D eigenvalue weighted by Gasteiger charge is -2.37. The number of aliphatic hydroxyl groups is 4. The lowest BCUT2D eigenvalue weighted by molar-refractivity contribution is -0.287. The molecule has 7 heteroatoms. The molecule has 4 N–H and O–H groups in total. The number of carbonyl (C=O) groups is 1. The van der Waals surface area contributed by atoms with Crippen LogP contribution in [0.25, 0.3) is 0 Å². The van der Waals surface area contributed by atoms with Crippen molar-refractivity contribution in [1.82, 2.24) is 0 Å². The van der Waals surface area contributed by atoms with E-state index in [0.29, 0.717) is 0 Å². The van der Waals surface area contributed by atoms with Crippen LogP contribution in [0.1, 0.15) is 5.56 Å². The number of rotatable bonds is 4. The van der Waals surface area contributed by atoms with Gasteiger partial charge in [0.05, 0.1) is 6.42 Å². The Morgan fingerprint density at radius 1 is 1.05 bits per heavy atom. The minimum absolute atomic E-state index is 0.0669. The molecule has 5 atom stereocenters. The summed E-state index contributed by atoms with van der Waals surface area (Å²) in [5, 5.41) is 37.9. The average molecular weight is 298 g/mol. The molecule has 1 fully saturated rings. The summed E-state index contributed by atoms with van der Waals surface area (Å²) in [6.07, 6.45) is -7.28. The van der Waals surface area contributed by atoms with Crippen molar-refractivity contribution in [3.63, 3.8) is 0 Å². The summed E-state index contributed by atoms with van der Waals surface area (Å²) in [6, 6.07) is 8.97. The highest BCUT2D eigenvalue weighted by molar-refractivity contribution is 5.72. The molecule has 21 heavy (non-hydrogen) atoms. The van der Waals surface area contributed by atoms with Gasteiger partial charge in [-0.2, -0.15) is 0 Å².